The minimum absolute atomic E-state index is 0.0726. The van der Waals surface area contributed by atoms with E-state index < -0.39 is 5.97 Å². The fourth-order valence-corrected chi connectivity index (χ4v) is 4.61. The summed E-state index contributed by atoms with van der Waals surface area (Å²) in [4.78, 5) is 25.5. The molecule has 1 aliphatic rings. The monoisotopic (exact) mass is 463 g/mol. The van der Waals surface area contributed by atoms with Crippen molar-refractivity contribution in [2.45, 2.75) is 71.1 Å². The van der Waals surface area contributed by atoms with Crippen molar-refractivity contribution in [3.05, 3.63) is 34.7 Å². The number of aliphatic carboxylic acids is 1. The van der Waals surface area contributed by atoms with Crippen molar-refractivity contribution in [3.63, 3.8) is 0 Å². The largest absolute Gasteiger partial charge is 0.494 e. The Morgan fingerprint density at radius 2 is 1.74 bits per heavy atom. The molecule has 170 valence electrons. The van der Waals surface area contributed by atoms with Crippen LogP contribution in [-0.2, 0) is 9.59 Å². The molecule has 1 N–H and O–H groups in total. The zero-order chi connectivity index (χ0) is 22.5. The van der Waals surface area contributed by atoms with Crippen LogP contribution in [0.4, 0.5) is 0 Å². The van der Waals surface area contributed by atoms with E-state index in [2.05, 4.69) is 6.92 Å². The number of carboxylic acid groups (broad SMARTS) is 1. The Morgan fingerprint density at radius 3 is 2.45 bits per heavy atom. The molecule has 0 radical (unpaired) electrons. The van der Waals surface area contributed by atoms with Crippen molar-refractivity contribution in [3.8, 4) is 5.75 Å². The first kappa shape index (κ1) is 25.4. The van der Waals surface area contributed by atoms with Crippen LogP contribution in [-0.4, -0.2) is 39.4 Å². The Labute approximate surface area is 195 Å². The molecule has 1 aliphatic heterocycles. The number of nitrogens with zero attached hydrogens (tertiary/aromatic N) is 1. The Bertz CT molecular complexity index is 761. The summed E-state index contributed by atoms with van der Waals surface area (Å²) < 4.78 is 6.38. The van der Waals surface area contributed by atoms with Gasteiger partial charge in [-0.25, -0.2) is 0 Å². The number of ether oxygens (including phenoxy) is 1. The zero-order valence-electron chi connectivity index (χ0n) is 18.3. The third kappa shape index (κ3) is 9.44. The van der Waals surface area contributed by atoms with Crippen LogP contribution in [0.2, 0.25) is 0 Å². The number of carbonyl (C=O) groups is 2. The van der Waals surface area contributed by atoms with Crippen molar-refractivity contribution in [1.29, 1.82) is 0 Å². The number of rotatable bonds is 15. The number of amides is 1. The van der Waals surface area contributed by atoms with Gasteiger partial charge in [-0.3, -0.25) is 14.5 Å². The van der Waals surface area contributed by atoms with E-state index >= 15 is 0 Å². The number of thioether (sulfide) groups is 1. The molecule has 5 nitrogen and oxygen atoms in total. The van der Waals surface area contributed by atoms with Crippen molar-refractivity contribution >= 4 is 46.3 Å². The first-order valence-corrected chi connectivity index (χ1v) is 12.4. The lowest BCUT2D eigenvalue weighted by molar-refractivity contribution is -0.137. The number of benzene rings is 1. The number of hydrogen-bond acceptors (Lipinski definition) is 5. The Balaban J connectivity index is 1.76. The highest BCUT2D eigenvalue weighted by Gasteiger charge is 2.31. The van der Waals surface area contributed by atoms with E-state index in [1.165, 1.54) is 43.9 Å². The van der Waals surface area contributed by atoms with Crippen LogP contribution < -0.4 is 4.74 Å². The normalized spacial score (nSPS) is 15.1. The van der Waals surface area contributed by atoms with Gasteiger partial charge in [-0.15, -0.1) is 0 Å². The number of carbonyl (C=O) groups excluding carboxylic acids is 1. The lowest BCUT2D eigenvalue weighted by atomic mass is 10.1. The average molecular weight is 464 g/mol. The second-order valence-corrected chi connectivity index (χ2v) is 9.40. The molecule has 0 saturated carbocycles. The molecule has 2 rings (SSSR count). The highest BCUT2D eigenvalue weighted by molar-refractivity contribution is 8.26. The molecule has 1 heterocycles. The summed E-state index contributed by atoms with van der Waals surface area (Å²) in [6.07, 6.45) is 11.6. The Kier molecular flexibility index (Phi) is 11.7. The van der Waals surface area contributed by atoms with Crippen molar-refractivity contribution < 1.29 is 19.4 Å². The van der Waals surface area contributed by atoms with Gasteiger partial charge in [0.15, 0.2) is 0 Å². The van der Waals surface area contributed by atoms with Crippen LogP contribution >= 0.6 is 24.0 Å². The summed E-state index contributed by atoms with van der Waals surface area (Å²) in [5, 5.41) is 8.69. The predicted molar refractivity (Wildman–Crippen MR) is 131 cm³/mol. The van der Waals surface area contributed by atoms with E-state index in [1.807, 2.05) is 30.3 Å². The maximum absolute atomic E-state index is 12.7. The van der Waals surface area contributed by atoms with Crippen LogP contribution in [0.15, 0.2) is 29.2 Å². The Morgan fingerprint density at radius 1 is 1.06 bits per heavy atom. The minimum Gasteiger partial charge on any atom is -0.494 e. The molecule has 1 aromatic rings. The highest BCUT2D eigenvalue weighted by Crippen LogP contribution is 2.33. The molecule has 0 unspecified atom stereocenters. The third-order valence-electron chi connectivity index (χ3n) is 5.09. The second kappa shape index (κ2) is 14.2. The molecule has 0 atom stereocenters. The molecule has 7 heteroatoms. The summed E-state index contributed by atoms with van der Waals surface area (Å²) in [5.74, 6) is -0.0105. The van der Waals surface area contributed by atoms with Crippen molar-refractivity contribution in [2.75, 3.05) is 13.2 Å². The SMILES string of the molecule is CCCCCCCCOc1ccc(/C=C2/SC(=S)N(CCCCCC(=O)O)C2=O)cc1. The standard InChI is InChI=1S/C24H33NO4S2/c1-2-3-4-5-6-10-17-29-20-14-12-19(13-15-20)18-21-23(28)25(24(30)31-21)16-9-7-8-11-22(26)27/h12-15,18H,2-11,16-17H2,1H3,(H,26,27)/b21-18+. The number of thiocarbonyl (C=S) groups is 1. The third-order valence-corrected chi connectivity index (χ3v) is 6.47. The van der Waals surface area contributed by atoms with Crippen LogP contribution in [0, 0.1) is 0 Å². The smallest absolute Gasteiger partial charge is 0.303 e. The summed E-state index contributed by atoms with van der Waals surface area (Å²) in [6, 6.07) is 7.78. The molecule has 1 aromatic carbocycles. The van der Waals surface area contributed by atoms with Gasteiger partial charge >= 0.3 is 5.97 Å². The Hall–Kier alpha value is -1.86. The molecule has 31 heavy (non-hydrogen) atoms. The fourth-order valence-electron chi connectivity index (χ4n) is 3.30. The van der Waals surface area contributed by atoms with Gasteiger partial charge in [-0.1, -0.05) is 81.6 Å². The lowest BCUT2D eigenvalue weighted by Gasteiger charge is -2.13. The molecule has 0 aromatic heterocycles. The van der Waals surface area contributed by atoms with Crippen LogP contribution in [0.3, 0.4) is 0 Å². The van der Waals surface area contributed by atoms with E-state index in [9.17, 15) is 9.59 Å². The lowest BCUT2D eigenvalue weighted by Crippen LogP contribution is -2.29. The maximum Gasteiger partial charge on any atom is 0.303 e. The van der Waals surface area contributed by atoms with Crippen molar-refractivity contribution in [1.82, 2.24) is 4.90 Å². The number of unbranched alkanes of at least 4 members (excludes halogenated alkanes) is 7. The fraction of sp³-hybridized carbons (Fsp3) is 0.542. The molecule has 1 saturated heterocycles. The van der Waals surface area contributed by atoms with Crippen LogP contribution in [0.25, 0.3) is 6.08 Å². The number of carboxylic acids is 1. The minimum atomic E-state index is -0.785. The van der Waals surface area contributed by atoms with E-state index in [0.29, 0.717) is 22.2 Å². The van der Waals surface area contributed by atoms with Crippen molar-refractivity contribution in [2.24, 2.45) is 0 Å². The zero-order valence-corrected chi connectivity index (χ0v) is 19.9. The molecular formula is C24H33NO4S2. The number of hydrogen-bond donors (Lipinski definition) is 1. The average Bonchev–Trinajstić information content (AvgIpc) is 3.01. The molecule has 0 bridgehead atoms. The molecular weight excluding hydrogens is 430 g/mol. The first-order valence-electron chi connectivity index (χ1n) is 11.2. The van der Waals surface area contributed by atoms with Gasteiger partial charge in [0.2, 0.25) is 0 Å². The molecule has 1 amide bonds. The summed E-state index contributed by atoms with van der Waals surface area (Å²) in [6.45, 7) is 3.49. The van der Waals surface area contributed by atoms with Gasteiger partial charge in [0, 0.05) is 13.0 Å². The van der Waals surface area contributed by atoms with Gasteiger partial charge in [0.25, 0.3) is 5.91 Å². The predicted octanol–water partition coefficient (Wildman–Crippen LogP) is 6.27. The van der Waals surface area contributed by atoms with E-state index in [0.717, 1.165) is 37.2 Å². The van der Waals surface area contributed by atoms with Crippen LogP contribution in [0.1, 0.15) is 76.7 Å². The molecule has 1 fully saturated rings. The van der Waals surface area contributed by atoms with Gasteiger partial charge in [0.1, 0.15) is 10.1 Å². The topological polar surface area (TPSA) is 66.8 Å². The van der Waals surface area contributed by atoms with Gasteiger partial charge in [-0.2, -0.15) is 0 Å². The maximum atomic E-state index is 12.7. The highest BCUT2D eigenvalue weighted by atomic mass is 32.2. The second-order valence-electron chi connectivity index (χ2n) is 7.72. The summed E-state index contributed by atoms with van der Waals surface area (Å²) in [5.41, 5.74) is 0.939. The van der Waals surface area contributed by atoms with E-state index in [1.54, 1.807) is 4.90 Å². The first-order chi connectivity index (χ1) is 15.0. The van der Waals surface area contributed by atoms with Crippen LogP contribution in [0.5, 0.6) is 5.75 Å². The molecule has 0 aliphatic carbocycles. The van der Waals surface area contributed by atoms with Gasteiger partial charge in [0.05, 0.1) is 11.5 Å². The van der Waals surface area contributed by atoms with E-state index in [4.69, 9.17) is 22.1 Å². The molecule has 0 spiro atoms. The van der Waals surface area contributed by atoms with Gasteiger partial charge in [-0.05, 0) is 43.0 Å². The van der Waals surface area contributed by atoms with Gasteiger partial charge < -0.3 is 9.84 Å². The quantitative estimate of drug-likeness (QED) is 0.188. The summed E-state index contributed by atoms with van der Waals surface area (Å²) in [7, 11) is 0. The summed E-state index contributed by atoms with van der Waals surface area (Å²) >= 11 is 6.67. The van der Waals surface area contributed by atoms with E-state index in [-0.39, 0.29) is 12.3 Å².